The van der Waals surface area contributed by atoms with Crippen molar-refractivity contribution in [2.24, 2.45) is 0 Å². The second kappa shape index (κ2) is 6.58. The molecular formula is C15H21NO4S. The summed E-state index contributed by atoms with van der Waals surface area (Å²) in [6, 6.07) is 5.75. The zero-order valence-corrected chi connectivity index (χ0v) is 12.9. The Morgan fingerprint density at radius 1 is 1.29 bits per heavy atom. The zero-order chi connectivity index (χ0) is 15.5. The molecule has 0 saturated carbocycles. The van der Waals surface area contributed by atoms with Gasteiger partial charge in [-0.2, -0.15) is 0 Å². The molecule has 1 aromatic rings. The molecule has 2 rings (SSSR count). The van der Waals surface area contributed by atoms with E-state index in [1.165, 1.54) is 24.0 Å². The number of sulfonamides is 1. The van der Waals surface area contributed by atoms with Gasteiger partial charge in [0.15, 0.2) is 0 Å². The van der Waals surface area contributed by atoms with E-state index in [2.05, 4.69) is 16.9 Å². The van der Waals surface area contributed by atoms with Gasteiger partial charge in [-0.25, -0.2) is 13.1 Å². The maximum atomic E-state index is 11.8. The Morgan fingerprint density at radius 3 is 2.62 bits per heavy atom. The van der Waals surface area contributed by atoms with Crippen LogP contribution in [-0.4, -0.2) is 25.2 Å². The summed E-state index contributed by atoms with van der Waals surface area (Å²) in [7, 11) is -3.58. The van der Waals surface area contributed by atoms with Gasteiger partial charge in [0.05, 0.1) is 12.2 Å². The van der Waals surface area contributed by atoms with Crippen LogP contribution in [0.1, 0.15) is 48.9 Å². The number of hydrogen-bond donors (Lipinski definition) is 2. The molecule has 0 bridgehead atoms. The van der Waals surface area contributed by atoms with Gasteiger partial charge in [0.1, 0.15) is 0 Å². The molecule has 1 atom stereocenters. The van der Waals surface area contributed by atoms with E-state index < -0.39 is 21.7 Å². The highest BCUT2D eigenvalue weighted by Crippen LogP contribution is 2.25. The molecule has 0 radical (unpaired) electrons. The molecule has 1 aliphatic rings. The maximum absolute atomic E-state index is 11.8. The Kier molecular flexibility index (Phi) is 5.00. The van der Waals surface area contributed by atoms with Gasteiger partial charge in [0.25, 0.3) is 0 Å². The van der Waals surface area contributed by atoms with Crippen LogP contribution in [0.3, 0.4) is 0 Å². The van der Waals surface area contributed by atoms with Crippen molar-refractivity contribution < 1.29 is 18.3 Å². The third-order valence-corrected chi connectivity index (χ3v) is 5.27. The summed E-state index contributed by atoms with van der Waals surface area (Å²) >= 11 is 0. The van der Waals surface area contributed by atoms with Crippen LogP contribution in [0.5, 0.6) is 0 Å². The number of carboxylic acids is 1. The molecule has 1 aliphatic carbocycles. The normalized spacial score (nSPS) is 16.2. The first-order valence-electron chi connectivity index (χ1n) is 7.21. The fourth-order valence-corrected chi connectivity index (χ4v) is 3.88. The summed E-state index contributed by atoms with van der Waals surface area (Å²) in [6.45, 7) is 1.78. The monoisotopic (exact) mass is 311 g/mol. The number of rotatable bonds is 6. The third kappa shape index (κ3) is 4.54. The van der Waals surface area contributed by atoms with Gasteiger partial charge in [0, 0.05) is 6.04 Å². The third-order valence-electron chi connectivity index (χ3n) is 3.81. The summed E-state index contributed by atoms with van der Waals surface area (Å²) < 4.78 is 26.2. The van der Waals surface area contributed by atoms with Crippen LogP contribution in [-0.2, 0) is 27.7 Å². The molecule has 6 heteroatoms. The van der Waals surface area contributed by atoms with Crippen molar-refractivity contribution in [1.82, 2.24) is 4.72 Å². The quantitative estimate of drug-likeness (QED) is 0.842. The van der Waals surface area contributed by atoms with Gasteiger partial charge in [-0.1, -0.05) is 18.2 Å². The smallest absolute Gasteiger partial charge is 0.304 e. The summed E-state index contributed by atoms with van der Waals surface area (Å²) in [5, 5.41) is 8.57. The Bertz CT molecular complexity index is 625. The van der Waals surface area contributed by atoms with E-state index in [9.17, 15) is 13.2 Å². The standard InChI is InChI=1S/C15H21NO4S/c1-11(16-21(19,20)9-8-15(17)18)13-7-6-12-4-2-3-5-14(12)10-13/h6-7,10-11,16H,2-5,8-9H2,1H3,(H,17,18). The number of benzene rings is 1. The Labute approximate surface area is 125 Å². The molecule has 5 nitrogen and oxygen atoms in total. The van der Waals surface area contributed by atoms with E-state index in [0.717, 1.165) is 18.4 Å². The Balaban J connectivity index is 2.06. The van der Waals surface area contributed by atoms with Gasteiger partial charge in [-0.05, 0) is 49.3 Å². The van der Waals surface area contributed by atoms with Gasteiger partial charge in [-0.15, -0.1) is 0 Å². The number of carboxylic acid groups (broad SMARTS) is 1. The Hall–Kier alpha value is -1.40. The van der Waals surface area contributed by atoms with Crippen LogP contribution in [0.4, 0.5) is 0 Å². The van der Waals surface area contributed by atoms with E-state index in [1.807, 2.05) is 6.07 Å². The molecule has 0 aromatic heterocycles. The van der Waals surface area contributed by atoms with Crippen LogP contribution in [0.25, 0.3) is 0 Å². The van der Waals surface area contributed by atoms with E-state index in [-0.39, 0.29) is 12.5 Å². The molecule has 1 aromatic carbocycles. The van der Waals surface area contributed by atoms with Gasteiger partial charge in [0.2, 0.25) is 10.0 Å². The number of fused-ring (bicyclic) bond motifs is 1. The molecular weight excluding hydrogens is 290 g/mol. The minimum absolute atomic E-state index is 0.351. The second-order valence-corrected chi connectivity index (χ2v) is 7.41. The average molecular weight is 311 g/mol. The van der Waals surface area contributed by atoms with Crippen LogP contribution < -0.4 is 4.72 Å². The number of aliphatic carboxylic acids is 1. The number of hydrogen-bond acceptors (Lipinski definition) is 3. The molecule has 0 saturated heterocycles. The lowest BCUT2D eigenvalue weighted by molar-refractivity contribution is -0.136. The summed E-state index contributed by atoms with van der Waals surface area (Å²) in [5.74, 6) is -1.50. The van der Waals surface area contributed by atoms with Gasteiger partial charge in [-0.3, -0.25) is 4.79 Å². The van der Waals surface area contributed by atoms with E-state index in [4.69, 9.17) is 5.11 Å². The van der Waals surface area contributed by atoms with E-state index in [1.54, 1.807) is 6.92 Å². The average Bonchev–Trinajstić information content (AvgIpc) is 2.44. The lowest BCUT2D eigenvalue weighted by atomic mass is 9.89. The maximum Gasteiger partial charge on any atom is 0.304 e. The predicted octanol–water partition coefficient (Wildman–Crippen LogP) is 2.02. The van der Waals surface area contributed by atoms with Crippen molar-refractivity contribution in [3.63, 3.8) is 0 Å². The SMILES string of the molecule is CC(NS(=O)(=O)CCC(=O)O)c1ccc2c(c1)CCCC2. The van der Waals surface area contributed by atoms with Crippen molar-refractivity contribution in [1.29, 1.82) is 0 Å². The molecule has 0 amide bonds. The van der Waals surface area contributed by atoms with Crippen LogP contribution in [0, 0.1) is 0 Å². The van der Waals surface area contributed by atoms with Gasteiger partial charge >= 0.3 is 5.97 Å². The van der Waals surface area contributed by atoms with Crippen molar-refractivity contribution in [2.45, 2.75) is 45.1 Å². The summed E-state index contributed by atoms with van der Waals surface area (Å²) in [4.78, 5) is 10.5. The molecule has 2 N–H and O–H groups in total. The summed E-state index contributed by atoms with van der Waals surface area (Å²) in [6.07, 6.45) is 4.14. The molecule has 116 valence electrons. The highest BCUT2D eigenvalue weighted by Gasteiger charge is 2.18. The molecule has 0 spiro atoms. The number of aryl methyl sites for hydroxylation is 2. The molecule has 0 heterocycles. The fraction of sp³-hybridized carbons (Fsp3) is 0.533. The molecule has 0 fully saturated rings. The molecule has 21 heavy (non-hydrogen) atoms. The lowest BCUT2D eigenvalue weighted by Crippen LogP contribution is -2.30. The van der Waals surface area contributed by atoms with Crippen molar-refractivity contribution in [3.8, 4) is 0 Å². The fourth-order valence-electron chi connectivity index (χ4n) is 2.64. The number of nitrogens with one attached hydrogen (secondary N) is 1. The zero-order valence-electron chi connectivity index (χ0n) is 12.1. The largest absolute Gasteiger partial charge is 0.481 e. The molecule has 1 unspecified atom stereocenters. The Morgan fingerprint density at radius 2 is 1.95 bits per heavy atom. The second-order valence-electron chi connectivity index (χ2n) is 5.54. The number of carbonyl (C=O) groups is 1. The minimum atomic E-state index is -3.58. The first-order chi connectivity index (χ1) is 9.87. The van der Waals surface area contributed by atoms with Crippen molar-refractivity contribution in [2.75, 3.05) is 5.75 Å². The van der Waals surface area contributed by atoms with Crippen molar-refractivity contribution in [3.05, 3.63) is 34.9 Å². The van der Waals surface area contributed by atoms with Gasteiger partial charge < -0.3 is 5.11 Å². The lowest BCUT2D eigenvalue weighted by Gasteiger charge is -2.20. The minimum Gasteiger partial charge on any atom is -0.481 e. The van der Waals surface area contributed by atoms with Crippen molar-refractivity contribution >= 4 is 16.0 Å². The summed E-state index contributed by atoms with van der Waals surface area (Å²) in [5.41, 5.74) is 3.58. The van der Waals surface area contributed by atoms with Crippen LogP contribution in [0.2, 0.25) is 0 Å². The van der Waals surface area contributed by atoms with E-state index >= 15 is 0 Å². The predicted molar refractivity (Wildman–Crippen MR) is 80.7 cm³/mol. The first kappa shape index (κ1) is 16.0. The first-order valence-corrected chi connectivity index (χ1v) is 8.86. The van der Waals surface area contributed by atoms with Crippen LogP contribution in [0.15, 0.2) is 18.2 Å². The highest BCUT2D eigenvalue weighted by atomic mass is 32.2. The van der Waals surface area contributed by atoms with E-state index in [0.29, 0.717) is 0 Å². The van der Waals surface area contributed by atoms with Crippen LogP contribution >= 0.6 is 0 Å². The highest BCUT2D eigenvalue weighted by molar-refractivity contribution is 7.89. The molecule has 0 aliphatic heterocycles. The topological polar surface area (TPSA) is 83.5 Å².